The van der Waals surface area contributed by atoms with E-state index in [0.717, 1.165) is 84.8 Å². The minimum absolute atomic E-state index is 0.694. The maximum atomic E-state index is 12.6. The zero-order valence-corrected chi connectivity index (χ0v) is 23.9. The van der Waals surface area contributed by atoms with E-state index in [0.29, 0.717) is 5.75 Å². The molecule has 0 amide bonds. The Labute approximate surface area is 230 Å². The number of anilines is 2. The molecule has 1 aliphatic rings. The molecular weight excluding hydrogens is 512 g/mol. The highest BCUT2D eigenvalue weighted by atomic mass is 32.2. The molecule has 0 spiro atoms. The van der Waals surface area contributed by atoms with Gasteiger partial charge in [-0.1, -0.05) is 36.4 Å². The van der Waals surface area contributed by atoms with Crippen LogP contribution in [0.3, 0.4) is 0 Å². The van der Waals surface area contributed by atoms with Gasteiger partial charge in [-0.3, -0.25) is 9.21 Å². The molecule has 0 unspecified atom stereocenters. The highest BCUT2D eigenvalue weighted by molar-refractivity contribution is 7.92. The minimum atomic E-state index is -3.42. The van der Waals surface area contributed by atoms with Crippen molar-refractivity contribution in [3.8, 4) is 16.9 Å². The molecule has 4 aromatic rings. The number of hydrogen-bond acceptors (Lipinski definition) is 7. The average molecular weight is 549 g/mol. The summed E-state index contributed by atoms with van der Waals surface area (Å²) < 4.78 is 34.1. The van der Waals surface area contributed by atoms with Crippen molar-refractivity contribution in [2.45, 2.75) is 12.8 Å². The van der Waals surface area contributed by atoms with Gasteiger partial charge in [-0.2, -0.15) is 0 Å². The summed E-state index contributed by atoms with van der Waals surface area (Å²) in [6.07, 6.45) is 6.23. The molecule has 2 aromatic carbocycles. The number of aryl methyl sites for hydroxylation is 2. The fourth-order valence-electron chi connectivity index (χ4n) is 5.48. The lowest BCUT2D eigenvalue weighted by molar-refractivity contribution is 0.253. The second-order valence-electron chi connectivity index (χ2n) is 10.0. The van der Waals surface area contributed by atoms with Crippen molar-refractivity contribution in [2.75, 3.05) is 62.3 Å². The molecule has 3 heterocycles. The molecular formula is C29H36N6O3S. The minimum Gasteiger partial charge on any atom is -0.491 e. The second kappa shape index (κ2) is 11.2. The first-order valence-corrected chi connectivity index (χ1v) is 15.0. The molecule has 0 saturated carbocycles. The largest absolute Gasteiger partial charge is 0.491 e. The molecule has 39 heavy (non-hydrogen) atoms. The van der Waals surface area contributed by atoms with Gasteiger partial charge < -0.3 is 14.2 Å². The van der Waals surface area contributed by atoms with Crippen LogP contribution in [0.5, 0.6) is 5.75 Å². The fourth-order valence-corrected chi connectivity index (χ4v) is 6.02. The lowest BCUT2D eigenvalue weighted by Gasteiger charge is -2.35. The third-order valence-corrected chi connectivity index (χ3v) is 8.79. The van der Waals surface area contributed by atoms with Gasteiger partial charge in [-0.15, -0.1) is 0 Å². The number of fused-ring (bicyclic) bond motifs is 1. The van der Waals surface area contributed by atoms with E-state index in [2.05, 4.69) is 50.1 Å². The number of aromatic nitrogens is 3. The molecule has 10 heteroatoms. The van der Waals surface area contributed by atoms with E-state index < -0.39 is 10.0 Å². The summed E-state index contributed by atoms with van der Waals surface area (Å²) in [6.45, 7) is 4.52. The quantitative estimate of drug-likeness (QED) is 0.315. The zero-order chi connectivity index (χ0) is 27.6. The Hall–Kier alpha value is -3.63. The molecule has 9 nitrogen and oxygen atoms in total. The molecule has 0 N–H and O–H groups in total. The Morgan fingerprint density at radius 1 is 1.03 bits per heavy atom. The monoisotopic (exact) mass is 548 g/mol. The first kappa shape index (κ1) is 27.0. The number of rotatable bonds is 9. The molecule has 206 valence electrons. The Morgan fingerprint density at radius 2 is 1.77 bits per heavy atom. The van der Waals surface area contributed by atoms with Crippen LogP contribution >= 0.6 is 0 Å². The van der Waals surface area contributed by atoms with E-state index in [9.17, 15) is 8.42 Å². The standard InChI is InChI=1S/C29H36N6O3S/c1-32-26-13-12-23(22-9-6-5-7-10-22)19-25(26)24(29(32)33(2)39(4,36)37)11-8-14-34-15-17-35(18-16-34)28-27(38-3)20-30-21-31-28/h5-7,9-10,12-13,19-21H,8,11,14-18H2,1-4H3. The van der Waals surface area contributed by atoms with Crippen molar-refractivity contribution in [1.82, 2.24) is 19.4 Å². The summed E-state index contributed by atoms with van der Waals surface area (Å²) >= 11 is 0. The predicted molar refractivity (Wildman–Crippen MR) is 157 cm³/mol. The van der Waals surface area contributed by atoms with Gasteiger partial charge in [-0.25, -0.2) is 18.4 Å². The van der Waals surface area contributed by atoms with Crippen LogP contribution in [-0.4, -0.2) is 81.0 Å². The van der Waals surface area contributed by atoms with Crippen LogP contribution in [0.4, 0.5) is 11.6 Å². The summed E-state index contributed by atoms with van der Waals surface area (Å²) in [5.41, 5.74) is 4.37. The van der Waals surface area contributed by atoms with Crippen molar-refractivity contribution in [1.29, 1.82) is 0 Å². The summed E-state index contributed by atoms with van der Waals surface area (Å²) in [5.74, 6) is 2.27. The molecule has 0 atom stereocenters. The van der Waals surface area contributed by atoms with Crippen LogP contribution in [0, 0.1) is 0 Å². The first-order chi connectivity index (χ1) is 18.8. The van der Waals surface area contributed by atoms with E-state index in [-0.39, 0.29) is 0 Å². The maximum absolute atomic E-state index is 12.6. The molecule has 1 aliphatic heterocycles. The van der Waals surface area contributed by atoms with Crippen molar-refractivity contribution in [3.05, 3.63) is 66.6 Å². The van der Waals surface area contributed by atoms with E-state index in [4.69, 9.17) is 4.74 Å². The highest BCUT2D eigenvalue weighted by Gasteiger charge is 2.25. The first-order valence-electron chi connectivity index (χ1n) is 13.2. The van der Waals surface area contributed by atoms with Crippen molar-refractivity contribution < 1.29 is 13.2 Å². The van der Waals surface area contributed by atoms with Crippen LogP contribution in [0.1, 0.15) is 12.0 Å². The predicted octanol–water partition coefficient (Wildman–Crippen LogP) is 3.79. The van der Waals surface area contributed by atoms with E-state index in [1.165, 1.54) is 10.6 Å². The van der Waals surface area contributed by atoms with Gasteiger partial charge in [0.05, 0.1) is 19.6 Å². The number of hydrogen-bond donors (Lipinski definition) is 0. The van der Waals surface area contributed by atoms with Gasteiger partial charge in [0.2, 0.25) is 10.0 Å². The van der Waals surface area contributed by atoms with Gasteiger partial charge in [0.25, 0.3) is 0 Å². The van der Waals surface area contributed by atoms with Crippen LogP contribution < -0.4 is 13.9 Å². The molecule has 0 aliphatic carbocycles. The smallest absolute Gasteiger partial charge is 0.233 e. The molecule has 0 bridgehead atoms. The van der Waals surface area contributed by atoms with Crippen LogP contribution in [0.15, 0.2) is 61.1 Å². The normalized spacial score (nSPS) is 14.6. The summed E-state index contributed by atoms with van der Waals surface area (Å²) in [6, 6.07) is 16.7. The van der Waals surface area contributed by atoms with Gasteiger partial charge in [0, 0.05) is 56.7 Å². The molecule has 1 saturated heterocycles. The van der Waals surface area contributed by atoms with Crippen LogP contribution in [0.2, 0.25) is 0 Å². The van der Waals surface area contributed by atoms with Crippen molar-refractivity contribution >= 4 is 32.6 Å². The number of methoxy groups -OCH3 is 1. The molecule has 2 aromatic heterocycles. The number of ether oxygens (including phenoxy) is 1. The number of piperazine rings is 1. The van der Waals surface area contributed by atoms with Crippen molar-refractivity contribution in [3.63, 3.8) is 0 Å². The van der Waals surface area contributed by atoms with Crippen LogP contribution in [-0.2, 0) is 23.5 Å². The maximum Gasteiger partial charge on any atom is 0.233 e. The van der Waals surface area contributed by atoms with E-state index in [1.54, 1.807) is 26.7 Å². The second-order valence-corrected chi connectivity index (χ2v) is 12.1. The lowest BCUT2D eigenvalue weighted by Crippen LogP contribution is -2.47. The van der Waals surface area contributed by atoms with Gasteiger partial charge in [0.15, 0.2) is 11.6 Å². The van der Waals surface area contributed by atoms with Crippen molar-refractivity contribution in [2.24, 2.45) is 7.05 Å². The number of nitrogens with zero attached hydrogens (tertiary/aromatic N) is 6. The summed E-state index contributed by atoms with van der Waals surface area (Å²) in [5, 5.41) is 1.10. The average Bonchev–Trinajstić information content (AvgIpc) is 3.23. The summed E-state index contributed by atoms with van der Waals surface area (Å²) in [4.78, 5) is 13.2. The lowest BCUT2D eigenvalue weighted by atomic mass is 10.0. The van der Waals surface area contributed by atoms with Gasteiger partial charge in [-0.05, 0) is 42.6 Å². The molecule has 5 rings (SSSR count). The van der Waals surface area contributed by atoms with Crippen LogP contribution in [0.25, 0.3) is 22.0 Å². The Kier molecular flexibility index (Phi) is 7.76. The third kappa shape index (κ3) is 5.58. The Morgan fingerprint density at radius 3 is 2.46 bits per heavy atom. The third-order valence-electron chi connectivity index (χ3n) is 7.63. The van der Waals surface area contributed by atoms with Gasteiger partial charge in [0.1, 0.15) is 12.1 Å². The van der Waals surface area contributed by atoms with Gasteiger partial charge >= 0.3 is 0 Å². The summed E-state index contributed by atoms with van der Waals surface area (Å²) in [7, 11) is 1.82. The topological polar surface area (TPSA) is 83.8 Å². The number of sulfonamides is 1. The number of benzene rings is 2. The Balaban J connectivity index is 1.35. The molecule has 0 radical (unpaired) electrons. The fraction of sp³-hybridized carbons (Fsp3) is 0.379. The SMILES string of the molecule is COc1cncnc1N1CCN(CCCc2c(N(C)S(C)(=O)=O)n(C)c3ccc(-c4ccccc4)cc23)CC1. The van der Waals surface area contributed by atoms with E-state index >= 15 is 0 Å². The van der Waals surface area contributed by atoms with E-state index in [1.807, 2.05) is 29.8 Å². The zero-order valence-electron chi connectivity index (χ0n) is 23.0. The highest BCUT2D eigenvalue weighted by Crippen LogP contribution is 2.36. The molecule has 1 fully saturated rings. The Bertz CT molecular complexity index is 1550.